The van der Waals surface area contributed by atoms with E-state index in [1.165, 1.54) is 18.5 Å². The maximum absolute atomic E-state index is 10.7. The largest absolute Gasteiger partial charge is 0.377 e. The maximum Gasteiger partial charge on any atom is 0.288 e. The molecule has 2 aromatic rings. The molecular formula is C10H10ClN5O2. The predicted octanol–water partition coefficient (Wildman–Crippen LogP) is 2.29. The lowest BCUT2D eigenvalue weighted by Crippen LogP contribution is -2.03. The quantitative estimate of drug-likeness (QED) is 0.654. The molecule has 0 aliphatic heterocycles. The number of H-pyrrole nitrogens is 1. The van der Waals surface area contributed by atoms with E-state index in [1.807, 2.05) is 0 Å². The van der Waals surface area contributed by atoms with Gasteiger partial charge in [0.15, 0.2) is 0 Å². The van der Waals surface area contributed by atoms with E-state index in [-0.39, 0.29) is 10.7 Å². The third-order valence-corrected chi connectivity index (χ3v) is 2.70. The molecule has 0 unspecified atom stereocenters. The van der Waals surface area contributed by atoms with Crippen molar-refractivity contribution in [2.24, 2.45) is 0 Å². The molecule has 0 atom stereocenters. The van der Waals surface area contributed by atoms with Crippen LogP contribution in [0.2, 0.25) is 5.02 Å². The van der Waals surface area contributed by atoms with Crippen molar-refractivity contribution in [3.63, 3.8) is 0 Å². The third-order valence-electron chi connectivity index (χ3n) is 2.40. The molecule has 0 spiro atoms. The van der Waals surface area contributed by atoms with E-state index in [2.05, 4.69) is 20.5 Å². The topological polar surface area (TPSA) is 96.7 Å². The average Bonchev–Trinajstić information content (AvgIpc) is 2.82. The monoisotopic (exact) mass is 267 g/mol. The Labute approximate surface area is 107 Å². The number of hydrogen-bond donors (Lipinski definition) is 2. The number of nitro groups is 1. The molecule has 0 radical (unpaired) electrons. The number of nitrogens with one attached hydrogen (secondary N) is 2. The number of nitrogens with zero attached hydrogens (tertiary/aromatic N) is 3. The molecule has 2 rings (SSSR count). The van der Waals surface area contributed by atoms with E-state index in [0.29, 0.717) is 12.4 Å². The molecule has 7 nitrogen and oxygen atoms in total. The summed E-state index contributed by atoms with van der Waals surface area (Å²) in [6.45, 7) is 2.21. The molecule has 0 saturated heterocycles. The molecule has 1 aromatic heterocycles. The predicted molar refractivity (Wildman–Crippen MR) is 66.6 cm³/mol. The van der Waals surface area contributed by atoms with Gasteiger partial charge in [-0.3, -0.25) is 15.2 Å². The summed E-state index contributed by atoms with van der Waals surface area (Å²) in [6, 6.07) is 2.97. The smallest absolute Gasteiger partial charge is 0.288 e. The van der Waals surface area contributed by atoms with Gasteiger partial charge in [0.1, 0.15) is 17.2 Å². The first kappa shape index (κ1) is 12.3. The molecule has 0 fully saturated rings. The van der Waals surface area contributed by atoms with Crippen LogP contribution in [-0.2, 0) is 6.54 Å². The van der Waals surface area contributed by atoms with Gasteiger partial charge in [-0.2, -0.15) is 5.10 Å². The lowest BCUT2D eigenvalue weighted by molar-refractivity contribution is -0.384. The van der Waals surface area contributed by atoms with Gasteiger partial charge in [0.25, 0.3) is 5.69 Å². The van der Waals surface area contributed by atoms with Gasteiger partial charge < -0.3 is 5.32 Å². The van der Waals surface area contributed by atoms with E-state index >= 15 is 0 Å². The number of benzene rings is 1. The molecule has 0 bridgehead atoms. The summed E-state index contributed by atoms with van der Waals surface area (Å²) >= 11 is 5.84. The summed E-state index contributed by atoms with van der Waals surface area (Å²) in [7, 11) is 0. The summed E-state index contributed by atoms with van der Waals surface area (Å²) in [5.74, 6) is 0.670. The van der Waals surface area contributed by atoms with Crippen molar-refractivity contribution < 1.29 is 4.92 Å². The van der Waals surface area contributed by atoms with Crippen LogP contribution in [0.4, 0.5) is 11.4 Å². The first-order chi connectivity index (χ1) is 8.58. The van der Waals surface area contributed by atoms with E-state index in [9.17, 15) is 10.1 Å². The third kappa shape index (κ3) is 2.57. The minimum Gasteiger partial charge on any atom is -0.377 e. The van der Waals surface area contributed by atoms with Crippen LogP contribution in [0.15, 0.2) is 18.5 Å². The van der Waals surface area contributed by atoms with Gasteiger partial charge in [0, 0.05) is 11.8 Å². The van der Waals surface area contributed by atoms with E-state index in [4.69, 9.17) is 11.6 Å². The summed E-state index contributed by atoms with van der Waals surface area (Å²) < 4.78 is 0. The van der Waals surface area contributed by atoms with Crippen LogP contribution >= 0.6 is 11.6 Å². The van der Waals surface area contributed by atoms with Crippen LogP contribution in [0.1, 0.15) is 11.4 Å². The molecule has 0 amide bonds. The number of aromatic amines is 1. The highest BCUT2D eigenvalue weighted by Gasteiger charge is 2.14. The van der Waals surface area contributed by atoms with Crippen molar-refractivity contribution >= 4 is 23.0 Å². The number of rotatable bonds is 4. The van der Waals surface area contributed by atoms with Crippen LogP contribution in [0.25, 0.3) is 0 Å². The first-order valence-electron chi connectivity index (χ1n) is 5.10. The van der Waals surface area contributed by atoms with Crippen molar-refractivity contribution in [2.45, 2.75) is 13.5 Å². The van der Waals surface area contributed by atoms with Gasteiger partial charge in [-0.15, -0.1) is 0 Å². The van der Waals surface area contributed by atoms with Gasteiger partial charge in [0.05, 0.1) is 11.5 Å². The summed E-state index contributed by atoms with van der Waals surface area (Å²) in [4.78, 5) is 14.2. The van der Waals surface area contributed by atoms with Crippen LogP contribution in [0.3, 0.4) is 0 Å². The number of halogens is 1. The highest BCUT2D eigenvalue weighted by atomic mass is 35.5. The lowest BCUT2D eigenvalue weighted by Gasteiger charge is -2.08. The van der Waals surface area contributed by atoms with Crippen molar-refractivity contribution in [1.82, 2.24) is 15.2 Å². The average molecular weight is 268 g/mol. The second-order valence-corrected chi connectivity index (χ2v) is 4.07. The Morgan fingerprint density at radius 3 is 2.94 bits per heavy atom. The number of nitro benzene ring substituents is 1. The van der Waals surface area contributed by atoms with Gasteiger partial charge >= 0.3 is 0 Å². The zero-order valence-electron chi connectivity index (χ0n) is 9.48. The van der Waals surface area contributed by atoms with Gasteiger partial charge in [-0.25, -0.2) is 4.98 Å². The Balaban J connectivity index is 2.19. The van der Waals surface area contributed by atoms with Crippen molar-refractivity contribution in [1.29, 1.82) is 0 Å². The summed E-state index contributed by atoms with van der Waals surface area (Å²) in [5.41, 5.74) is 1.37. The van der Waals surface area contributed by atoms with Crippen molar-refractivity contribution in [3.05, 3.63) is 45.0 Å². The van der Waals surface area contributed by atoms with Gasteiger partial charge in [0.2, 0.25) is 0 Å². The molecule has 0 aliphatic carbocycles. The minimum atomic E-state index is -0.504. The Bertz CT molecular complexity index is 570. The molecule has 94 valence electrons. The Morgan fingerprint density at radius 2 is 2.33 bits per heavy atom. The van der Waals surface area contributed by atoms with Gasteiger partial charge in [-0.05, 0) is 18.6 Å². The highest BCUT2D eigenvalue weighted by molar-refractivity contribution is 6.33. The molecule has 1 aromatic carbocycles. The van der Waals surface area contributed by atoms with Crippen LogP contribution in [0, 0.1) is 17.0 Å². The molecule has 0 saturated carbocycles. The fraction of sp³-hybridized carbons (Fsp3) is 0.200. The lowest BCUT2D eigenvalue weighted by atomic mass is 10.2. The fourth-order valence-corrected chi connectivity index (χ4v) is 1.72. The maximum atomic E-state index is 10.7. The van der Waals surface area contributed by atoms with E-state index in [0.717, 1.165) is 11.3 Å². The van der Waals surface area contributed by atoms with Crippen molar-refractivity contribution in [3.8, 4) is 0 Å². The Morgan fingerprint density at radius 1 is 1.56 bits per heavy atom. The van der Waals surface area contributed by atoms with E-state index < -0.39 is 4.92 Å². The van der Waals surface area contributed by atoms with Crippen LogP contribution in [-0.4, -0.2) is 20.1 Å². The molecule has 8 heteroatoms. The zero-order valence-corrected chi connectivity index (χ0v) is 10.2. The van der Waals surface area contributed by atoms with Gasteiger partial charge in [-0.1, -0.05) is 11.6 Å². The zero-order chi connectivity index (χ0) is 13.1. The number of aromatic nitrogens is 3. The SMILES string of the molecule is Cc1cc([N+](=O)[O-])c(Cl)cc1NCc1ncn[nH]1. The number of aryl methyl sites for hydroxylation is 1. The molecule has 2 N–H and O–H groups in total. The standard InChI is InChI=1S/C10H10ClN5O2/c1-6-2-9(16(17)18)7(11)3-8(6)12-4-10-13-5-14-15-10/h2-3,5,12H,4H2,1H3,(H,13,14,15). The van der Waals surface area contributed by atoms with Crippen LogP contribution < -0.4 is 5.32 Å². The molecule has 1 heterocycles. The first-order valence-corrected chi connectivity index (χ1v) is 5.48. The van der Waals surface area contributed by atoms with E-state index in [1.54, 1.807) is 6.92 Å². The normalized spacial score (nSPS) is 10.3. The summed E-state index contributed by atoms with van der Waals surface area (Å²) in [6.07, 6.45) is 1.41. The molecular weight excluding hydrogens is 258 g/mol. The minimum absolute atomic E-state index is 0.0978. The Hall–Kier alpha value is -2.15. The second kappa shape index (κ2) is 5.01. The molecule has 18 heavy (non-hydrogen) atoms. The van der Waals surface area contributed by atoms with Crippen LogP contribution in [0.5, 0.6) is 0 Å². The summed E-state index contributed by atoms with van der Waals surface area (Å²) in [5, 5.41) is 20.3. The molecule has 0 aliphatic rings. The van der Waals surface area contributed by atoms with Crippen molar-refractivity contribution in [2.75, 3.05) is 5.32 Å². The highest BCUT2D eigenvalue weighted by Crippen LogP contribution is 2.30. The Kier molecular flexibility index (Phi) is 3.42. The second-order valence-electron chi connectivity index (χ2n) is 3.66. The number of hydrogen-bond acceptors (Lipinski definition) is 5. The fourth-order valence-electron chi connectivity index (χ4n) is 1.49. The number of anilines is 1.